The lowest BCUT2D eigenvalue weighted by Gasteiger charge is -2.19. The van der Waals surface area contributed by atoms with Crippen molar-refractivity contribution in [1.82, 2.24) is 4.90 Å². The monoisotopic (exact) mass is 171 g/mol. The molecule has 1 amide bonds. The summed E-state index contributed by atoms with van der Waals surface area (Å²) in [6.07, 6.45) is 4.34. The second-order valence-electron chi connectivity index (χ2n) is 3.25. The van der Waals surface area contributed by atoms with E-state index < -0.39 is 0 Å². The van der Waals surface area contributed by atoms with Crippen molar-refractivity contribution in [2.24, 2.45) is 0 Å². The van der Waals surface area contributed by atoms with Crippen LogP contribution < -0.4 is 0 Å². The summed E-state index contributed by atoms with van der Waals surface area (Å²) in [6.45, 7) is 2.98. The number of carbonyl (C=O) groups excluding carboxylic acids is 1. The van der Waals surface area contributed by atoms with Gasteiger partial charge in [0.2, 0.25) is 0 Å². The van der Waals surface area contributed by atoms with Gasteiger partial charge in [0.15, 0.2) is 0 Å². The lowest BCUT2D eigenvalue weighted by Crippen LogP contribution is -2.33. The molecule has 0 aromatic heterocycles. The third kappa shape index (κ3) is 2.40. The van der Waals surface area contributed by atoms with Gasteiger partial charge < -0.3 is 9.64 Å². The number of ether oxygens (including phenoxy) is 1. The summed E-state index contributed by atoms with van der Waals surface area (Å²) < 4.78 is 4.70. The van der Waals surface area contributed by atoms with Gasteiger partial charge in [0.05, 0.1) is 7.11 Å². The second kappa shape index (κ2) is 4.33. The smallest absolute Gasteiger partial charge is 0.409 e. The first kappa shape index (κ1) is 9.36. The molecule has 0 spiro atoms. The first-order valence-corrected chi connectivity index (χ1v) is 4.64. The summed E-state index contributed by atoms with van der Waals surface area (Å²) in [4.78, 5) is 13.1. The predicted molar refractivity (Wildman–Crippen MR) is 47.0 cm³/mol. The molecule has 1 saturated carbocycles. The Morgan fingerprint density at radius 2 is 2.25 bits per heavy atom. The summed E-state index contributed by atoms with van der Waals surface area (Å²) in [6, 6.07) is 0.476. The minimum Gasteiger partial charge on any atom is -0.453 e. The van der Waals surface area contributed by atoms with Gasteiger partial charge >= 0.3 is 6.09 Å². The quantitative estimate of drug-likeness (QED) is 0.647. The van der Waals surface area contributed by atoms with E-state index in [1.165, 1.54) is 7.11 Å². The maximum Gasteiger partial charge on any atom is 0.409 e. The molecule has 1 aliphatic carbocycles. The number of hydrogen-bond donors (Lipinski definition) is 0. The molecule has 0 radical (unpaired) electrons. The predicted octanol–water partition coefficient (Wildman–Crippen LogP) is 2.02. The molecule has 0 bridgehead atoms. The van der Waals surface area contributed by atoms with Crippen LogP contribution in [0.3, 0.4) is 0 Å². The van der Waals surface area contributed by atoms with Gasteiger partial charge in [-0.1, -0.05) is 13.3 Å². The molecule has 3 heteroatoms. The van der Waals surface area contributed by atoms with Gasteiger partial charge in [-0.15, -0.1) is 0 Å². The summed E-state index contributed by atoms with van der Waals surface area (Å²) >= 11 is 0. The number of rotatable bonds is 4. The normalized spacial score (nSPS) is 15.8. The maximum atomic E-state index is 11.2. The Balaban J connectivity index is 2.32. The minimum atomic E-state index is -0.161. The van der Waals surface area contributed by atoms with E-state index in [-0.39, 0.29) is 6.09 Å². The summed E-state index contributed by atoms with van der Waals surface area (Å²) in [7, 11) is 1.45. The van der Waals surface area contributed by atoms with Crippen LogP contribution in [0.5, 0.6) is 0 Å². The fourth-order valence-electron chi connectivity index (χ4n) is 1.25. The van der Waals surface area contributed by atoms with Crippen LogP contribution in [-0.4, -0.2) is 30.7 Å². The van der Waals surface area contributed by atoms with Crippen molar-refractivity contribution in [2.45, 2.75) is 38.6 Å². The van der Waals surface area contributed by atoms with E-state index in [9.17, 15) is 4.79 Å². The Hall–Kier alpha value is -0.730. The van der Waals surface area contributed by atoms with Gasteiger partial charge in [-0.25, -0.2) is 4.79 Å². The Labute approximate surface area is 73.7 Å². The number of methoxy groups -OCH3 is 1. The minimum absolute atomic E-state index is 0.161. The molecule has 0 heterocycles. The molecule has 0 aromatic carbocycles. The molecule has 0 aromatic rings. The van der Waals surface area contributed by atoms with Gasteiger partial charge in [0, 0.05) is 12.6 Å². The molecule has 1 aliphatic rings. The molecule has 70 valence electrons. The second-order valence-corrected chi connectivity index (χ2v) is 3.25. The Bertz CT molecular complexity index is 155. The molecule has 3 nitrogen and oxygen atoms in total. The molecule has 0 saturated heterocycles. The SMILES string of the molecule is CCCCN(C(=O)OC)C1CC1. The third-order valence-corrected chi connectivity index (χ3v) is 2.15. The van der Waals surface area contributed by atoms with E-state index >= 15 is 0 Å². The van der Waals surface area contributed by atoms with Crippen LogP contribution >= 0.6 is 0 Å². The highest BCUT2D eigenvalue weighted by Crippen LogP contribution is 2.27. The Morgan fingerprint density at radius 1 is 1.58 bits per heavy atom. The van der Waals surface area contributed by atoms with Crippen LogP contribution in [0.2, 0.25) is 0 Å². The highest BCUT2D eigenvalue weighted by molar-refractivity contribution is 5.68. The van der Waals surface area contributed by atoms with Crippen LogP contribution in [0.1, 0.15) is 32.6 Å². The van der Waals surface area contributed by atoms with Crippen molar-refractivity contribution >= 4 is 6.09 Å². The first-order chi connectivity index (χ1) is 5.79. The van der Waals surface area contributed by atoms with Gasteiger partial charge in [-0.3, -0.25) is 0 Å². The van der Waals surface area contributed by atoms with Crippen LogP contribution in [0.15, 0.2) is 0 Å². The zero-order valence-corrected chi connectivity index (χ0v) is 7.88. The van der Waals surface area contributed by atoms with E-state index in [2.05, 4.69) is 6.92 Å². The van der Waals surface area contributed by atoms with Crippen molar-refractivity contribution in [3.8, 4) is 0 Å². The molecular weight excluding hydrogens is 154 g/mol. The van der Waals surface area contributed by atoms with E-state index in [1.54, 1.807) is 0 Å². The first-order valence-electron chi connectivity index (χ1n) is 4.64. The maximum absolute atomic E-state index is 11.2. The highest BCUT2D eigenvalue weighted by atomic mass is 16.5. The largest absolute Gasteiger partial charge is 0.453 e. The number of hydrogen-bond acceptors (Lipinski definition) is 2. The van der Waals surface area contributed by atoms with Crippen LogP contribution in [-0.2, 0) is 4.74 Å². The van der Waals surface area contributed by atoms with Gasteiger partial charge in [0.25, 0.3) is 0 Å². The summed E-state index contributed by atoms with van der Waals surface area (Å²) in [5.74, 6) is 0. The summed E-state index contributed by atoms with van der Waals surface area (Å²) in [5.41, 5.74) is 0. The van der Waals surface area contributed by atoms with E-state index in [1.807, 2.05) is 4.90 Å². The molecule has 0 aliphatic heterocycles. The standard InChI is InChI=1S/C9H17NO2/c1-3-4-7-10(8-5-6-8)9(11)12-2/h8H,3-7H2,1-2H3. The molecule has 0 unspecified atom stereocenters. The van der Waals surface area contributed by atoms with Crippen LogP contribution in [0.25, 0.3) is 0 Å². The number of carbonyl (C=O) groups is 1. The fourth-order valence-corrected chi connectivity index (χ4v) is 1.25. The zero-order chi connectivity index (χ0) is 8.97. The van der Waals surface area contributed by atoms with E-state index in [4.69, 9.17) is 4.74 Å². The van der Waals surface area contributed by atoms with Crippen LogP contribution in [0, 0.1) is 0 Å². The third-order valence-electron chi connectivity index (χ3n) is 2.15. The van der Waals surface area contributed by atoms with Crippen molar-refractivity contribution in [3.05, 3.63) is 0 Å². The average molecular weight is 171 g/mol. The average Bonchev–Trinajstić information content (AvgIpc) is 2.88. The van der Waals surface area contributed by atoms with Gasteiger partial charge in [0.1, 0.15) is 0 Å². The lowest BCUT2D eigenvalue weighted by molar-refractivity contribution is 0.120. The Morgan fingerprint density at radius 3 is 2.67 bits per heavy atom. The number of nitrogens with zero attached hydrogens (tertiary/aromatic N) is 1. The van der Waals surface area contributed by atoms with Crippen molar-refractivity contribution in [1.29, 1.82) is 0 Å². The zero-order valence-electron chi connectivity index (χ0n) is 7.88. The van der Waals surface area contributed by atoms with Gasteiger partial charge in [-0.2, -0.15) is 0 Å². The fraction of sp³-hybridized carbons (Fsp3) is 0.889. The summed E-state index contributed by atoms with van der Waals surface area (Å²) in [5, 5.41) is 0. The number of unbranched alkanes of at least 4 members (excludes halogenated alkanes) is 1. The molecular formula is C9H17NO2. The topological polar surface area (TPSA) is 29.5 Å². The number of amides is 1. The molecule has 0 N–H and O–H groups in total. The highest BCUT2D eigenvalue weighted by Gasteiger charge is 2.32. The molecule has 0 atom stereocenters. The molecule has 12 heavy (non-hydrogen) atoms. The van der Waals surface area contributed by atoms with Crippen molar-refractivity contribution in [2.75, 3.05) is 13.7 Å². The van der Waals surface area contributed by atoms with Crippen molar-refractivity contribution in [3.63, 3.8) is 0 Å². The molecule has 1 rings (SSSR count). The molecule has 1 fully saturated rings. The van der Waals surface area contributed by atoms with Gasteiger partial charge in [-0.05, 0) is 19.3 Å². The van der Waals surface area contributed by atoms with Crippen molar-refractivity contribution < 1.29 is 9.53 Å². The Kier molecular flexibility index (Phi) is 3.38. The van der Waals surface area contributed by atoms with E-state index in [0.717, 1.165) is 32.2 Å². The van der Waals surface area contributed by atoms with E-state index in [0.29, 0.717) is 6.04 Å². The lowest BCUT2D eigenvalue weighted by atomic mass is 10.3. The van der Waals surface area contributed by atoms with Crippen LogP contribution in [0.4, 0.5) is 4.79 Å².